The van der Waals surface area contributed by atoms with Gasteiger partial charge in [0.05, 0.1) is 23.6 Å². The van der Waals surface area contributed by atoms with Crippen LogP contribution >= 0.6 is 0 Å². The molecular formula is C24H29F2N5. The topological polar surface area (TPSA) is 46.0 Å². The summed E-state index contributed by atoms with van der Waals surface area (Å²) in [6.07, 6.45) is 8.07. The van der Waals surface area contributed by atoms with E-state index in [2.05, 4.69) is 27.2 Å². The Morgan fingerprint density at radius 1 is 1.10 bits per heavy atom. The Bertz CT molecular complexity index is 1050. The van der Waals surface area contributed by atoms with Gasteiger partial charge >= 0.3 is 0 Å². The number of benzene rings is 1. The number of anilines is 1. The van der Waals surface area contributed by atoms with Gasteiger partial charge in [-0.2, -0.15) is 5.10 Å². The van der Waals surface area contributed by atoms with E-state index in [9.17, 15) is 8.78 Å². The van der Waals surface area contributed by atoms with Gasteiger partial charge in [-0.1, -0.05) is 6.92 Å². The van der Waals surface area contributed by atoms with E-state index in [0.29, 0.717) is 12.1 Å². The van der Waals surface area contributed by atoms with Crippen molar-refractivity contribution in [2.24, 2.45) is 0 Å². The molecule has 7 heteroatoms. The smallest absolute Gasteiger partial charge is 0.133 e. The molecule has 0 bridgehead atoms. The van der Waals surface area contributed by atoms with E-state index in [1.807, 2.05) is 19.2 Å². The maximum Gasteiger partial charge on any atom is 0.133 e. The van der Waals surface area contributed by atoms with Crippen LogP contribution in [0.2, 0.25) is 0 Å². The highest BCUT2D eigenvalue weighted by Gasteiger charge is 2.28. The van der Waals surface area contributed by atoms with Crippen molar-refractivity contribution in [2.45, 2.75) is 45.8 Å². The number of halogens is 2. The predicted molar refractivity (Wildman–Crippen MR) is 120 cm³/mol. The third kappa shape index (κ3) is 4.77. The first-order valence-corrected chi connectivity index (χ1v) is 10.8. The molecule has 1 aliphatic rings. The lowest BCUT2D eigenvalue weighted by Gasteiger charge is -2.35. The molecule has 31 heavy (non-hydrogen) atoms. The number of nitrogens with zero attached hydrogens (tertiary/aromatic N) is 4. The lowest BCUT2D eigenvalue weighted by Crippen LogP contribution is -2.47. The highest BCUT2D eigenvalue weighted by atomic mass is 19.1. The molecule has 0 saturated carbocycles. The molecule has 1 saturated heterocycles. The first-order chi connectivity index (χ1) is 14.9. The number of piperidine rings is 1. The van der Waals surface area contributed by atoms with Gasteiger partial charge in [0.2, 0.25) is 0 Å². The highest BCUT2D eigenvalue weighted by molar-refractivity contribution is 5.66. The normalized spacial score (nSPS) is 19.5. The van der Waals surface area contributed by atoms with E-state index >= 15 is 0 Å². The van der Waals surface area contributed by atoms with Gasteiger partial charge in [0.25, 0.3) is 0 Å². The predicted octanol–water partition coefficient (Wildman–Crippen LogP) is 4.92. The van der Waals surface area contributed by atoms with Crippen molar-refractivity contribution in [2.75, 3.05) is 25.0 Å². The van der Waals surface area contributed by atoms with E-state index in [-0.39, 0.29) is 11.9 Å². The molecule has 1 fully saturated rings. The van der Waals surface area contributed by atoms with E-state index in [4.69, 9.17) is 0 Å². The SMILES string of the molecule is CCCN1CCC(Nc2cncc(-c3cnn(-c4cc(C)c(F)cc4C)c3)c2)C(F)C1. The van der Waals surface area contributed by atoms with Gasteiger partial charge in [-0.3, -0.25) is 4.98 Å². The summed E-state index contributed by atoms with van der Waals surface area (Å²) in [5.74, 6) is -0.219. The number of aryl methyl sites for hydroxylation is 2. The Morgan fingerprint density at radius 3 is 2.71 bits per heavy atom. The Kier molecular flexibility index (Phi) is 6.32. The molecule has 0 spiro atoms. The second-order valence-electron chi connectivity index (χ2n) is 8.38. The van der Waals surface area contributed by atoms with Crippen molar-refractivity contribution in [3.8, 4) is 16.8 Å². The Morgan fingerprint density at radius 2 is 1.94 bits per heavy atom. The minimum atomic E-state index is -0.906. The van der Waals surface area contributed by atoms with Crippen LogP contribution in [0.3, 0.4) is 0 Å². The lowest BCUT2D eigenvalue weighted by atomic mass is 10.0. The molecule has 1 aliphatic heterocycles. The van der Waals surface area contributed by atoms with Crippen molar-refractivity contribution < 1.29 is 8.78 Å². The number of rotatable bonds is 6. The largest absolute Gasteiger partial charge is 0.378 e. The number of hydrogen-bond acceptors (Lipinski definition) is 4. The molecule has 0 amide bonds. The van der Waals surface area contributed by atoms with Crippen molar-refractivity contribution in [1.29, 1.82) is 0 Å². The van der Waals surface area contributed by atoms with Crippen LogP contribution in [-0.4, -0.2) is 51.5 Å². The lowest BCUT2D eigenvalue weighted by molar-refractivity contribution is 0.127. The second-order valence-corrected chi connectivity index (χ2v) is 8.38. The quantitative estimate of drug-likeness (QED) is 0.609. The van der Waals surface area contributed by atoms with Crippen molar-refractivity contribution in [1.82, 2.24) is 19.7 Å². The number of aromatic nitrogens is 3. The van der Waals surface area contributed by atoms with Gasteiger partial charge in [0.15, 0.2) is 0 Å². The summed E-state index contributed by atoms with van der Waals surface area (Å²) in [5, 5.41) is 7.79. The van der Waals surface area contributed by atoms with Gasteiger partial charge in [-0.15, -0.1) is 0 Å². The molecule has 0 radical (unpaired) electrons. The molecule has 3 heterocycles. The Balaban J connectivity index is 1.50. The molecule has 3 aromatic rings. The van der Waals surface area contributed by atoms with Crippen LogP contribution < -0.4 is 5.32 Å². The fraction of sp³-hybridized carbons (Fsp3) is 0.417. The summed E-state index contributed by atoms with van der Waals surface area (Å²) in [6, 6.07) is 5.08. The maximum absolute atomic E-state index is 14.7. The van der Waals surface area contributed by atoms with Crippen LogP contribution in [-0.2, 0) is 0 Å². The average molecular weight is 426 g/mol. The second kappa shape index (κ2) is 9.14. The first-order valence-electron chi connectivity index (χ1n) is 10.8. The van der Waals surface area contributed by atoms with Crippen LogP contribution in [0.5, 0.6) is 0 Å². The zero-order valence-corrected chi connectivity index (χ0v) is 18.3. The Hall–Kier alpha value is -2.80. The van der Waals surface area contributed by atoms with Crippen molar-refractivity contribution in [3.05, 3.63) is 59.9 Å². The van der Waals surface area contributed by atoms with Crippen LogP contribution in [0.15, 0.2) is 43.0 Å². The highest BCUT2D eigenvalue weighted by Crippen LogP contribution is 2.26. The minimum Gasteiger partial charge on any atom is -0.378 e. The fourth-order valence-electron chi connectivity index (χ4n) is 4.16. The molecule has 1 aromatic carbocycles. The summed E-state index contributed by atoms with van der Waals surface area (Å²) >= 11 is 0. The van der Waals surface area contributed by atoms with Crippen LogP contribution in [0.25, 0.3) is 16.8 Å². The fourth-order valence-corrected chi connectivity index (χ4v) is 4.16. The maximum atomic E-state index is 14.7. The first kappa shape index (κ1) is 21.4. The number of pyridine rings is 1. The average Bonchev–Trinajstić information content (AvgIpc) is 3.23. The van der Waals surface area contributed by atoms with Gasteiger partial charge in [-0.05, 0) is 62.6 Å². The number of alkyl halides is 1. The third-order valence-corrected chi connectivity index (χ3v) is 5.90. The molecule has 164 valence electrons. The van der Waals surface area contributed by atoms with Gasteiger partial charge in [-0.25, -0.2) is 13.5 Å². The van der Waals surface area contributed by atoms with E-state index in [1.54, 1.807) is 36.3 Å². The van der Waals surface area contributed by atoms with Crippen LogP contribution in [0.4, 0.5) is 14.5 Å². The van der Waals surface area contributed by atoms with E-state index < -0.39 is 6.17 Å². The molecular weight excluding hydrogens is 396 g/mol. The summed E-state index contributed by atoms with van der Waals surface area (Å²) in [7, 11) is 0. The number of likely N-dealkylation sites (tertiary alicyclic amines) is 1. The number of nitrogens with one attached hydrogen (secondary N) is 1. The van der Waals surface area contributed by atoms with Crippen LogP contribution in [0, 0.1) is 19.7 Å². The summed E-state index contributed by atoms with van der Waals surface area (Å²) < 4.78 is 30.2. The zero-order valence-electron chi connectivity index (χ0n) is 18.3. The third-order valence-electron chi connectivity index (χ3n) is 5.90. The van der Waals surface area contributed by atoms with Gasteiger partial charge < -0.3 is 10.2 Å². The van der Waals surface area contributed by atoms with Crippen molar-refractivity contribution >= 4 is 5.69 Å². The Labute approximate surface area is 182 Å². The van der Waals surface area contributed by atoms with E-state index in [1.165, 1.54) is 6.07 Å². The standard InChI is InChI=1S/C24H29F2N5/c1-4-6-30-7-5-23(22(26)15-30)29-20-10-18(11-27-13-20)19-12-28-31(14-19)24-9-16(2)21(25)8-17(24)3/h8-14,22-23,29H,4-7,15H2,1-3H3. The number of hydrogen-bond donors (Lipinski definition) is 1. The molecule has 0 aliphatic carbocycles. The zero-order chi connectivity index (χ0) is 22.0. The molecule has 2 aromatic heterocycles. The summed E-state index contributed by atoms with van der Waals surface area (Å²) in [4.78, 5) is 6.52. The molecule has 2 unspecified atom stereocenters. The molecule has 1 N–H and O–H groups in total. The molecule has 5 nitrogen and oxygen atoms in total. The summed E-state index contributed by atoms with van der Waals surface area (Å²) in [6.45, 7) is 8.05. The minimum absolute atomic E-state index is 0.210. The molecule has 4 rings (SSSR count). The molecule has 2 atom stereocenters. The van der Waals surface area contributed by atoms with E-state index in [0.717, 1.165) is 54.0 Å². The van der Waals surface area contributed by atoms with Crippen molar-refractivity contribution in [3.63, 3.8) is 0 Å². The van der Waals surface area contributed by atoms with Crippen LogP contribution in [0.1, 0.15) is 30.9 Å². The summed E-state index contributed by atoms with van der Waals surface area (Å²) in [5.41, 5.74) is 4.83. The monoisotopic (exact) mass is 425 g/mol. The van der Waals surface area contributed by atoms with Gasteiger partial charge in [0.1, 0.15) is 12.0 Å². The van der Waals surface area contributed by atoms with Gasteiger partial charge in [0, 0.05) is 42.8 Å².